The first-order valence-electron chi connectivity index (χ1n) is 5.55. The maximum atomic E-state index is 13.2. The van der Waals surface area contributed by atoms with Crippen molar-refractivity contribution in [3.05, 3.63) is 24.0 Å². The summed E-state index contributed by atoms with van der Waals surface area (Å²) in [5, 5.41) is 2.99. The van der Waals surface area contributed by atoms with Crippen LogP contribution in [0.25, 0.3) is 0 Å². The van der Waals surface area contributed by atoms with Gasteiger partial charge in [0, 0.05) is 19.2 Å². The van der Waals surface area contributed by atoms with Crippen molar-refractivity contribution in [2.45, 2.75) is 11.8 Å². The van der Waals surface area contributed by atoms with Gasteiger partial charge in [-0.05, 0) is 18.7 Å². The minimum atomic E-state index is -3.63. The maximum Gasteiger partial charge on any atom is 0.240 e. The van der Waals surface area contributed by atoms with Crippen molar-refractivity contribution >= 4 is 22.4 Å². The van der Waals surface area contributed by atoms with Crippen LogP contribution in [-0.4, -0.2) is 35.2 Å². The topological polar surface area (TPSA) is 67.4 Å². The monoisotopic (exact) mass is 312 g/mol. The van der Waals surface area contributed by atoms with E-state index < -0.39 is 15.8 Å². The molecule has 1 aromatic carbocycles. The van der Waals surface area contributed by atoms with E-state index in [9.17, 15) is 12.8 Å². The highest BCUT2D eigenvalue weighted by atomic mass is 35.5. The molecule has 0 unspecified atom stereocenters. The lowest BCUT2D eigenvalue weighted by Gasteiger charge is -2.08. The molecule has 0 heterocycles. The van der Waals surface area contributed by atoms with E-state index in [2.05, 4.69) is 10.0 Å². The molecule has 0 saturated heterocycles. The zero-order chi connectivity index (χ0) is 13.6. The van der Waals surface area contributed by atoms with Crippen LogP contribution in [0.5, 0.6) is 5.75 Å². The van der Waals surface area contributed by atoms with Crippen LogP contribution in [0, 0.1) is 5.82 Å². The fraction of sp³-hybridized carbons (Fsp3) is 0.455. The van der Waals surface area contributed by atoms with E-state index >= 15 is 0 Å². The van der Waals surface area contributed by atoms with Gasteiger partial charge in [-0.1, -0.05) is 6.92 Å². The molecule has 19 heavy (non-hydrogen) atoms. The second-order valence-electron chi connectivity index (χ2n) is 3.55. The molecule has 0 saturated carbocycles. The van der Waals surface area contributed by atoms with Gasteiger partial charge >= 0.3 is 0 Å². The Kier molecular flexibility index (Phi) is 7.93. The third-order valence-corrected chi connectivity index (χ3v) is 3.74. The number of sulfonamides is 1. The summed E-state index contributed by atoms with van der Waals surface area (Å²) in [6.45, 7) is 3.51. The van der Waals surface area contributed by atoms with Crippen molar-refractivity contribution < 1.29 is 17.5 Å². The van der Waals surface area contributed by atoms with E-state index in [4.69, 9.17) is 4.74 Å². The second kappa shape index (κ2) is 8.31. The third-order valence-electron chi connectivity index (χ3n) is 2.28. The van der Waals surface area contributed by atoms with E-state index in [0.717, 1.165) is 18.7 Å². The van der Waals surface area contributed by atoms with Crippen LogP contribution in [0.3, 0.4) is 0 Å². The van der Waals surface area contributed by atoms with Crippen molar-refractivity contribution in [1.29, 1.82) is 0 Å². The number of hydrogen-bond donors (Lipinski definition) is 2. The summed E-state index contributed by atoms with van der Waals surface area (Å²) in [6.07, 6.45) is 0. The van der Waals surface area contributed by atoms with Crippen LogP contribution in [-0.2, 0) is 10.0 Å². The quantitative estimate of drug-likeness (QED) is 0.741. The number of likely N-dealkylation sites (N-methyl/N-ethyl adjacent to an activating group) is 1. The van der Waals surface area contributed by atoms with E-state index in [-0.39, 0.29) is 29.6 Å². The normalized spacial score (nSPS) is 10.9. The highest BCUT2D eigenvalue weighted by molar-refractivity contribution is 7.89. The molecular weight excluding hydrogens is 295 g/mol. The lowest BCUT2D eigenvalue weighted by atomic mass is 10.3. The van der Waals surface area contributed by atoms with Crippen molar-refractivity contribution in [2.24, 2.45) is 0 Å². The van der Waals surface area contributed by atoms with Gasteiger partial charge in [-0.15, -0.1) is 12.4 Å². The predicted octanol–water partition coefficient (Wildman–Crippen LogP) is 1.14. The predicted molar refractivity (Wildman–Crippen MR) is 73.9 cm³/mol. The molecule has 0 radical (unpaired) electrons. The Bertz CT molecular complexity index is 497. The molecule has 1 rings (SSSR count). The summed E-state index contributed by atoms with van der Waals surface area (Å²) in [7, 11) is -2.34. The first-order chi connectivity index (χ1) is 8.51. The molecule has 0 aliphatic carbocycles. The van der Waals surface area contributed by atoms with Gasteiger partial charge in [0.05, 0.1) is 12.0 Å². The third kappa shape index (κ3) is 5.32. The Labute approximate surface area is 119 Å². The van der Waals surface area contributed by atoms with E-state index in [1.54, 1.807) is 0 Å². The average Bonchev–Trinajstić information content (AvgIpc) is 2.35. The van der Waals surface area contributed by atoms with Crippen molar-refractivity contribution in [1.82, 2.24) is 10.0 Å². The summed E-state index contributed by atoms with van der Waals surface area (Å²) in [5.41, 5.74) is 0. The Balaban J connectivity index is 0.00000324. The molecule has 0 aliphatic heterocycles. The van der Waals surface area contributed by atoms with Crippen molar-refractivity contribution in [3.63, 3.8) is 0 Å². The van der Waals surface area contributed by atoms with Gasteiger partial charge in [0.25, 0.3) is 0 Å². The number of nitrogens with one attached hydrogen (secondary N) is 2. The van der Waals surface area contributed by atoms with Gasteiger partial charge in [0.1, 0.15) is 0 Å². The molecule has 0 spiro atoms. The lowest BCUT2D eigenvalue weighted by Crippen LogP contribution is -2.31. The number of hydrogen-bond acceptors (Lipinski definition) is 4. The number of benzene rings is 1. The van der Waals surface area contributed by atoms with E-state index in [0.29, 0.717) is 6.54 Å². The Morgan fingerprint density at radius 3 is 2.58 bits per heavy atom. The van der Waals surface area contributed by atoms with Gasteiger partial charge in [-0.25, -0.2) is 17.5 Å². The molecule has 2 N–H and O–H groups in total. The summed E-state index contributed by atoms with van der Waals surface area (Å²) >= 11 is 0. The SMILES string of the molecule is CCNCCNS(=O)(=O)c1ccc(F)c(OC)c1.Cl. The molecule has 0 bridgehead atoms. The molecule has 110 valence electrons. The van der Waals surface area contributed by atoms with Crippen LogP contribution >= 0.6 is 12.4 Å². The van der Waals surface area contributed by atoms with Crippen LogP contribution in [0.15, 0.2) is 23.1 Å². The van der Waals surface area contributed by atoms with Crippen molar-refractivity contribution in [2.75, 3.05) is 26.7 Å². The van der Waals surface area contributed by atoms with E-state index in [1.165, 1.54) is 13.2 Å². The fourth-order valence-corrected chi connectivity index (χ4v) is 2.39. The molecule has 1 aromatic rings. The minimum absolute atomic E-state index is 0. The minimum Gasteiger partial charge on any atom is -0.494 e. The first-order valence-corrected chi connectivity index (χ1v) is 7.03. The molecule has 0 atom stereocenters. The van der Waals surface area contributed by atoms with Crippen LogP contribution in [0.1, 0.15) is 6.92 Å². The summed E-state index contributed by atoms with van der Waals surface area (Å²) in [4.78, 5) is -0.0164. The van der Waals surface area contributed by atoms with Crippen molar-refractivity contribution in [3.8, 4) is 5.75 Å². The summed E-state index contributed by atoms with van der Waals surface area (Å²) < 4.78 is 44.0. The molecule has 0 amide bonds. The zero-order valence-corrected chi connectivity index (χ0v) is 12.4. The second-order valence-corrected chi connectivity index (χ2v) is 5.31. The Morgan fingerprint density at radius 2 is 2.00 bits per heavy atom. The summed E-state index contributed by atoms with van der Waals surface area (Å²) in [5.74, 6) is -0.686. The molecule has 0 aliphatic rings. The van der Waals surface area contributed by atoms with Gasteiger partial charge in [0.2, 0.25) is 10.0 Å². The van der Waals surface area contributed by atoms with Gasteiger partial charge in [-0.3, -0.25) is 0 Å². The van der Waals surface area contributed by atoms with Crippen LogP contribution in [0.4, 0.5) is 4.39 Å². The van der Waals surface area contributed by atoms with Gasteiger partial charge < -0.3 is 10.1 Å². The molecule has 5 nitrogen and oxygen atoms in total. The maximum absolute atomic E-state index is 13.2. The number of rotatable bonds is 7. The smallest absolute Gasteiger partial charge is 0.240 e. The Hall–Kier alpha value is -0.890. The highest BCUT2D eigenvalue weighted by Crippen LogP contribution is 2.20. The van der Waals surface area contributed by atoms with Gasteiger partial charge in [-0.2, -0.15) is 0 Å². The number of ether oxygens (including phenoxy) is 1. The zero-order valence-electron chi connectivity index (χ0n) is 10.8. The summed E-state index contributed by atoms with van der Waals surface area (Å²) in [6, 6.07) is 3.43. The first kappa shape index (κ1) is 18.1. The standard InChI is InChI=1S/C11H17FN2O3S.ClH/c1-3-13-6-7-14-18(15,16)9-4-5-10(12)11(8-9)17-2;/h4-5,8,13-14H,3,6-7H2,1-2H3;1H. The highest BCUT2D eigenvalue weighted by Gasteiger charge is 2.15. The lowest BCUT2D eigenvalue weighted by molar-refractivity contribution is 0.385. The van der Waals surface area contributed by atoms with Crippen LogP contribution in [0.2, 0.25) is 0 Å². The van der Waals surface area contributed by atoms with E-state index in [1.807, 2.05) is 6.92 Å². The number of methoxy groups -OCH3 is 1. The molecule has 8 heteroatoms. The average molecular weight is 313 g/mol. The fourth-order valence-electron chi connectivity index (χ4n) is 1.34. The largest absolute Gasteiger partial charge is 0.494 e. The van der Waals surface area contributed by atoms with Gasteiger partial charge in [0.15, 0.2) is 11.6 Å². The molecular formula is C11H18ClFN2O3S. The molecule has 0 fully saturated rings. The molecule has 0 aromatic heterocycles. The Morgan fingerprint density at radius 1 is 1.32 bits per heavy atom. The van der Waals surface area contributed by atoms with Crippen LogP contribution < -0.4 is 14.8 Å². The number of halogens is 2.